The van der Waals surface area contributed by atoms with Crippen LogP contribution in [0, 0.1) is 0 Å². The van der Waals surface area contributed by atoms with Crippen molar-refractivity contribution in [3.63, 3.8) is 0 Å². The van der Waals surface area contributed by atoms with Gasteiger partial charge in [-0.25, -0.2) is 0 Å². The maximum Gasteiger partial charge on any atom is 0.0987 e. The molecule has 0 aliphatic heterocycles. The summed E-state index contributed by atoms with van der Waals surface area (Å²) in [5, 5.41) is 0.688. The number of nitrogens with two attached hydrogens (primary N) is 1. The Balaban J connectivity index is 1.99. The Morgan fingerprint density at radius 1 is 1.20 bits per heavy atom. The lowest BCUT2D eigenvalue weighted by molar-refractivity contribution is 0.0400. The summed E-state index contributed by atoms with van der Waals surface area (Å²) in [7, 11) is 0. The number of hydrogen-bond donors (Lipinski definition) is 1. The molecule has 0 bridgehead atoms. The van der Waals surface area contributed by atoms with Gasteiger partial charge < -0.3 is 10.5 Å². The molecule has 2 aromatic rings. The molecule has 1 aromatic heterocycles. The van der Waals surface area contributed by atoms with Crippen LogP contribution < -0.4 is 5.73 Å². The second-order valence-corrected chi connectivity index (χ2v) is 5.15. The minimum Gasteiger partial charge on any atom is -0.371 e. The van der Waals surface area contributed by atoms with Gasteiger partial charge in [0, 0.05) is 34.9 Å². The average Bonchev–Trinajstić information content (AvgIpc) is 2.45. The van der Waals surface area contributed by atoms with Crippen molar-refractivity contribution in [1.82, 2.24) is 4.98 Å². The monoisotopic (exact) mass is 290 g/mol. The first-order chi connectivity index (χ1) is 9.68. The van der Waals surface area contributed by atoms with Crippen LogP contribution in [0.4, 0.5) is 0 Å². The van der Waals surface area contributed by atoms with Crippen LogP contribution in [0.2, 0.25) is 5.02 Å². The normalized spacial score (nSPS) is 13.9. The van der Waals surface area contributed by atoms with E-state index in [0.717, 1.165) is 17.7 Å². The van der Waals surface area contributed by atoms with Crippen LogP contribution in [-0.4, -0.2) is 17.6 Å². The molecule has 2 unspecified atom stereocenters. The Bertz CT molecular complexity index is 531. The molecule has 1 aromatic carbocycles. The van der Waals surface area contributed by atoms with Crippen LogP contribution >= 0.6 is 11.6 Å². The summed E-state index contributed by atoms with van der Waals surface area (Å²) in [5.41, 5.74) is 7.96. The number of rotatable bonds is 6. The minimum atomic E-state index is -0.201. The summed E-state index contributed by atoms with van der Waals surface area (Å²) < 4.78 is 5.92. The maximum absolute atomic E-state index is 6.21. The van der Waals surface area contributed by atoms with Crippen molar-refractivity contribution in [1.29, 1.82) is 0 Å². The highest BCUT2D eigenvalue weighted by Gasteiger charge is 2.19. The number of benzene rings is 1. The zero-order valence-electron chi connectivity index (χ0n) is 11.5. The van der Waals surface area contributed by atoms with E-state index in [1.165, 1.54) is 0 Å². The number of pyridine rings is 1. The van der Waals surface area contributed by atoms with E-state index in [1.807, 2.05) is 49.4 Å². The molecule has 2 rings (SSSR count). The Morgan fingerprint density at radius 2 is 1.95 bits per heavy atom. The van der Waals surface area contributed by atoms with Gasteiger partial charge in [0.05, 0.1) is 12.7 Å². The fourth-order valence-corrected chi connectivity index (χ4v) is 2.31. The summed E-state index contributed by atoms with van der Waals surface area (Å²) in [5.74, 6) is 0. The number of nitrogens with zero attached hydrogens (tertiary/aromatic N) is 1. The standard InChI is InChI=1S/C16H19ClN2O/c1-12(18)16(14-7-2-3-8-15(14)17)20-11-9-13-6-4-5-10-19-13/h2-8,10,12,16H,9,11,18H2,1H3. The molecule has 1 heterocycles. The first-order valence-electron chi connectivity index (χ1n) is 6.70. The van der Waals surface area contributed by atoms with Gasteiger partial charge >= 0.3 is 0 Å². The van der Waals surface area contributed by atoms with Crippen molar-refractivity contribution in [3.8, 4) is 0 Å². The number of halogens is 1. The van der Waals surface area contributed by atoms with E-state index in [2.05, 4.69) is 4.98 Å². The van der Waals surface area contributed by atoms with Crippen LogP contribution in [0.15, 0.2) is 48.7 Å². The Morgan fingerprint density at radius 3 is 2.60 bits per heavy atom. The van der Waals surface area contributed by atoms with Crippen LogP contribution in [0.3, 0.4) is 0 Å². The molecule has 0 amide bonds. The van der Waals surface area contributed by atoms with Crippen molar-refractivity contribution in [2.24, 2.45) is 5.73 Å². The van der Waals surface area contributed by atoms with Gasteiger partial charge in [-0.1, -0.05) is 35.9 Å². The van der Waals surface area contributed by atoms with Crippen LogP contribution in [0.5, 0.6) is 0 Å². The first kappa shape index (κ1) is 15.0. The number of hydrogen-bond acceptors (Lipinski definition) is 3. The number of ether oxygens (including phenoxy) is 1. The molecule has 0 aliphatic rings. The van der Waals surface area contributed by atoms with E-state index >= 15 is 0 Å². The molecule has 2 N–H and O–H groups in total. The second-order valence-electron chi connectivity index (χ2n) is 4.74. The minimum absolute atomic E-state index is 0.126. The Hall–Kier alpha value is -1.42. The van der Waals surface area contributed by atoms with Crippen molar-refractivity contribution < 1.29 is 4.74 Å². The summed E-state index contributed by atoms with van der Waals surface area (Å²) in [6, 6.07) is 13.4. The lowest BCUT2D eigenvalue weighted by Gasteiger charge is -2.22. The van der Waals surface area contributed by atoms with Crippen LogP contribution in [0.1, 0.15) is 24.3 Å². The zero-order valence-corrected chi connectivity index (χ0v) is 12.3. The van der Waals surface area contributed by atoms with Gasteiger partial charge in [0.25, 0.3) is 0 Å². The SMILES string of the molecule is CC(N)C(OCCc1ccccn1)c1ccccc1Cl. The number of aromatic nitrogens is 1. The summed E-state index contributed by atoms with van der Waals surface area (Å²) >= 11 is 6.21. The van der Waals surface area contributed by atoms with E-state index in [1.54, 1.807) is 6.20 Å². The quantitative estimate of drug-likeness (QED) is 0.887. The van der Waals surface area contributed by atoms with Gasteiger partial charge in [-0.05, 0) is 25.1 Å². The first-order valence-corrected chi connectivity index (χ1v) is 7.08. The Kier molecular flexibility index (Phi) is 5.53. The van der Waals surface area contributed by atoms with Crippen molar-refractivity contribution in [2.45, 2.75) is 25.5 Å². The summed E-state index contributed by atoms with van der Waals surface area (Å²) in [6.07, 6.45) is 2.34. The van der Waals surface area contributed by atoms with E-state index < -0.39 is 0 Å². The third-order valence-electron chi connectivity index (χ3n) is 3.07. The van der Waals surface area contributed by atoms with Gasteiger partial charge in [-0.3, -0.25) is 4.98 Å². The van der Waals surface area contributed by atoms with E-state index in [4.69, 9.17) is 22.1 Å². The molecular weight excluding hydrogens is 272 g/mol. The molecule has 2 atom stereocenters. The molecule has 0 aliphatic carbocycles. The van der Waals surface area contributed by atoms with Crippen molar-refractivity contribution >= 4 is 11.6 Å². The highest BCUT2D eigenvalue weighted by molar-refractivity contribution is 6.31. The third kappa shape index (κ3) is 4.04. The molecule has 4 heteroatoms. The van der Waals surface area contributed by atoms with Gasteiger partial charge in [0.15, 0.2) is 0 Å². The molecule has 20 heavy (non-hydrogen) atoms. The van der Waals surface area contributed by atoms with Gasteiger partial charge in [0.1, 0.15) is 0 Å². The highest BCUT2D eigenvalue weighted by Crippen LogP contribution is 2.27. The second kappa shape index (κ2) is 7.39. The zero-order chi connectivity index (χ0) is 14.4. The Labute approximate surface area is 124 Å². The lowest BCUT2D eigenvalue weighted by atomic mass is 10.0. The molecule has 3 nitrogen and oxygen atoms in total. The predicted octanol–water partition coefficient (Wildman–Crippen LogP) is 3.38. The van der Waals surface area contributed by atoms with Gasteiger partial charge in [-0.15, -0.1) is 0 Å². The van der Waals surface area contributed by atoms with Gasteiger partial charge in [-0.2, -0.15) is 0 Å². The largest absolute Gasteiger partial charge is 0.371 e. The van der Waals surface area contributed by atoms with Crippen molar-refractivity contribution in [2.75, 3.05) is 6.61 Å². The maximum atomic E-state index is 6.21. The van der Waals surface area contributed by atoms with E-state index in [-0.39, 0.29) is 12.1 Å². The molecule has 0 saturated heterocycles. The van der Waals surface area contributed by atoms with Crippen molar-refractivity contribution in [3.05, 3.63) is 64.9 Å². The molecule has 106 valence electrons. The molecule has 0 saturated carbocycles. The smallest absolute Gasteiger partial charge is 0.0987 e. The lowest BCUT2D eigenvalue weighted by Crippen LogP contribution is -2.27. The third-order valence-corrected chi connectivity index (χ3v) is 3.42. The molecule has 0 radical (unpaired) electrons. The topological polar surface area (TPSA) is 48.1 Å². The van der Waals surface area contributed by atoms with Crippen LogP contribution in [-0.2, 0) is 11.2 Å². The highest BCUT2D eigenvalue weighted by atomic mass is 35.5. The fraction of sp³-hybridized carbons (Fsp3) is 0.312. The van der Waals surface area contributed by atoms with Crippen LogP contribution in [0.25, 0.3) is 0 Å². The molecule has 0 spiro atoms. The summed E-state index contributed by atoms with van der Waals surface area (Å²) in [4.78, 5) is 4.27. The van der Waals surface area contributed by atoms with E-state index in [9.17, 15) is 0 Å². The average molecular weight is 291 g/mol. The predicted molar refractivity (Wildman–Crippen MR) is 81.7 cm³/mol. The molecule has 0 fully saturated rings. The van der Waals surface area contributed by atoms with Gasteiger partial charge in [0.2, 0.25) is 0 Å². The fourth-order valence-electron chi connectivity index (χ4n) is 2.07. The van der Waals surface area contributed by atoms with E-state index in [0.29, 0.717) is 11.6 Å². The summed E-state index contributed by atoms with van der Waals surface area (Å²) in [6.45, 7) is 2.49. The molecular formula is C16H19ClN2O.